The van der Waals surface area contributed by atoms with Crippen molar-refractivity contribution in [3.05, 3.63) is 63.6 Å². The third-order valence-electron chi connectivity index (χ3n) is 2.97. The maximum Gasteiger partial charge on any atom is 0.141 e. The van der Waals surface area contributed by atoms with Crippen molar-refractivity contribution in [2.24, 2.45) is 0 Å². The maximum atomic E-state index is 13.4. The van der Waals surface area contributed by atoms with Gasteiger partial charge in [-0.25, -0.2) is 8.78 Å². The van der Waals surface area contributed by atoms with Gasteiger partial charge >= 0.3 is 0 Å². The van der Waals surface area contributed by atoms with Crippen LogP contribution in [0.4, 0.5) is 8.78 Å². The second-order valence-corrected chi connectivity index (χ2v) is 5.21. The minimum Gasteiger partial charge on any atom is -0.496 e. The molecule has 0 amide bonds. The average Bonchev–Trinajstić information content (AvgIpc) is 2.43. The van der Waals surface area contributed by atoms with Gasteiger partial charge in [0.2, 0.25) is 0 Å². The van der Waals surface area contributed by atoms with Gasteiger partial charge in [0, 0.05) is 18.1 Å². The van der Waals surface area contributed by atoms with E-state index in [2.05, 4.69) is 15.9 Å². The number of benzene rings is 2. The summed E-state index contributed by atoms with van der Waals surface area (Å²) in [6.07, 6.45) is -0.582. The summed E-state index contributed by atoms with van der Waals surface area (Å²) < 4.78 is 31.6. The Morgan fingerprint density at radius 2 is 1.85 bits per heavy atom. The van der Waals surface area contributed by atoms with Crippen LogP contribution in [0, 0.1) is 11.6 Å². The monoisotopic (exact) mass is 342 g/mol. The summed E-state index contributed by atoms with van der Waals surface area (Å²) in [4.78, 5) is 0. The molecule has 0 aliphatic heterocycles. The first kappa shape index (κ1) is 14.9. The van der Waals surface area contributed by atoms with E-state index in [-0.39, 0.29) is 22.5 Å². The molecule has 1 N–H and O–H groups in total. The molecular formula is C15H13BrF2O2. The molecule has 1 unspecified atom stereocenters. The summed E-state index contributed by atoms with van der Waals surface area (Å²) in [7, 11) is 1.41. The molecule has 0 spiro atoms. The third-order valence-corrected chi connectivity index (χ3v) is 3.58. The Kier molecular flexibility index (Phi) is 4.73. The summed E-state index contributed by atoms with van der Waals surface area (Å²) in [5.41, 5.74) is 1.26. The number of methoxy groups -OCH3 is 1. The van der Waals surface area contributed by atoms with Gasteiger partial charge in [0.1, 0.15) is 17.4 Å². The molecule has 0 aromatic heterocycles. The number of ether oxygens (including phenoxy) is 1. The van der Waals surface area contributed by atoms with Gasteiger partial charge in [-0.15, -0.1) is 0 Å². The zero-order valence-corrected chi connectivity index (χ0v) is 12.3. The van der Waals surface area contributed by atoms with Gasteiger partial charge in [-0.05, 0) is 39.7 Å². The topological polar surface area (TPSA) is 29.5 Å². The molecule has 0 bridgehead atoms. The smallest absolute Gasteiger partial charge is 0.141 e. The van der Waals surface area contributed by atoms with E-state index in [0.29, 0.717) is 5.56 Å². The van der Waals surface area contributed by atoms with Crippen molar-refractivity contribution >= 4 is 15.9 Å². The molecule has 5 heteroatoms. The molecule has 106 valence electrons. The van der Waals surface area contributed by atoms with Crippen LogP contribution in [-0.2, 0) is 6.42 Å². The lowest BCUT2D eigenvalue weighted by molar-refractivity contribution is 0.173. The van der Waals surface area contributed by atoms with Crippen LogP contribution >= 0.6 is 15.9 Å². The highest BCUT2D eigenvalue weighted by Gasteiger charge is 2.17. The van der Waals surface area contributed by atoms with Crippen molar-refractivity contribution in [1.82, 2.24) is 0 Å². The molecule has 2 aromatic rings. The Morgan fingerprint density at radius 3 is 2.45 bits per heavy atom. The Balaban J connectivity index is 2.26. The lowest BCUT2D eigenvalue weighted by Crippen LogP contribution is -2.05. The molecule has 0 aliphatic rings. The second-order valence-electron chi connectivity index (χ2n) is 4.35. The molecule has 0 fully saturated rings. The molecule has 2 rings (SSSR count). The highest BCUT2D eigenvalue weighted by molar-refractivity contribution is 9.10. The normalized spacial score (nSPS) is 12.2. The predicted molar refractivity (Wildman–Crippen MR) is 75.7 cm³/mol. The SMILES string of the molecule is COc1cc(F)c(Br)cc1C(O)Cc1ccc(F)cc1. The van der Waals surface area contributed by atoms with Gasteiger partial charge in [-0.1, -0.05) is 12.1 Å². The Hall–Kier alpha value is -1.46. The zero-order chi connectivity index (χ0) is 14.7. The zero-order valence-electron chi connectivity index (χ0n) is 10.7. The fourth-order valence-electron chi connectivity index (χ4n) is 1.93. The maximum absolute atomic E-state index is 13.4. The lowest BCUT2D eigenvalue weighted by atomic mass is 10.0. The van der Waals surface area contributed by atoms with Gasteiger partial charge in [-0.3, -0.25) is 0 Å². The highest BCUT2D eigenvalue weighted by Crippen LogP contribution is 2.32. The summed E-state index contributed by atoms with van der Waals surface area (Å²) in [6.45, 7) is 0. The second kappa shape index (κ2) is 6.33. The molecular weight excluding hydrogens is 330 g/mol. The van der Waals surface area contributed by atoms with Crippen LogP contribution in [0.1, 0.15) is 17.2 Å². The summed E-state index contributed by atoms with van der Waals surface area (Å²) in [5.74, 6) is -0.509. The number of aliphatic hydroxyl groups is 1. The van der Waals surface area contributed by atoms with Crippen LogP contribution in [0.25, 0.3) is 0 Å². The highest BCUT2D eigenvalue weighted by atomic mass is 79.9. The van der Waals surface area contributed by atoms with Crippen LogP contribution in [0.5, 0.6) is 5.75 Å². The van der Waals surface area contributed by atoms with Crippen molar-refractivity contribution in [2.45, 2.75) is 12.5 Å². The van der Waals surface area contributed by atoms with Crippen molar-refractivity contribution in [3.63, 3.8) is 0 Å². The standard InChI is InChI=1S/C15H13BrF2O2/c1-20-15-8-13(18)12(16)7-11(15)14(19)6-9-2-4-10(17)5-3-9/h2-5,7-8,14,19H,6H2,1H3. The van der Waals surface area contributed by atoms with Crippen molar-refractivity contribution in [2.75, 3.05) is 7.11 Å². The fraction of sp³-hybridized carbons (Fsp3) is 0.200. The van der Waals surface area contributed by atoms with Gasteiger partial charge in [-0.2, -0.15) is 0 Å². The van der Waals surface area contributed by atoms with Crippen molar-refractivity contribution in [1.29, 1.82) is 0 Å². The molecule has 1 atom stereocenters. The van der Waals surface area contributed by atoms with Crippen molar-refractivity contribution < 1.29 is 18.6 Å². The van der Waals surface area contributed by atoms with E-state index in [0.717, 1.165) is 5.56 Å². The number of rotatable bonds is 4. The molecule has 0 heterocycles. The summed E-state index contributed by atoms with van der Waals surface area (Å²) in [6, 6.07) is 8.57. The number of hydrogen-bond donors (Lipinski definition) is 1. The molecule has 0 saturated heterocycles. The number of aliphatic hydroxyl groups excluding tert-OH is 1. The lowest BCUT2D eigenvalue weighted by Gasteiger charge is -2.16. The number of halogens is 3. The van der Waals surface area contributed by atoms with E-state index < -0.39 is 11.9 Å². The first-order valence-electron chi connectivity index (χ1n) is 5.96. The third kappa shape index (κ3) is 3.35. The predicted octanol–water partition coefficient (Wildman–Crippen LogP) is 4.01. The van der Waals surface area contributed by atoms with E-state index in [1.807, 2.05) is 0 Å². The van der Waals surface area contributed by atoms with E-state index >= 15 is 0 Å². The molecule has 0 aliphatic carbocycles. The van der Waals surface area contributed by atoms with Crippen LogP contribution in [-0.4, -0.2) is 12.2 Å². The van der Waals surface area contributed by atoms with Gasteiger partial charge < -0.3 is 9.84 Å². The van der Waals surface area contributed by atoms with Crippen LogP contribution in [0.2, 0.25) is 0 Å². The molecule has 2 aromatic carbocycles. The summed E-state index contributed by atoms with van der Waals surface area (Å²) in [5, 5.41) is 10.3. The quantitative estimate of drug-likeness (QED) is 0.909. The van der Waals surface area contributed by atoms with E-state index in [1.165, 1.54) is 31.4 Å². The van der Waals surface area contributed by atoms with E-state index in [9.17, 15) is 13.9 Å². The first-order valence-corrected chi connectivity index (χ1v) is 6.76. The van der Waals surface area contributed by atoms with E-state index in [4.69, 9.17) is 4.74 Å². The first-order chi connectivity index (χ1) is 9.51. The summed E-state index contributed by atoms with van der Waals surface area (Å²) >= 11 is 3.08. The van der Waals surface area contributed by atoms with Crippen LogP contribution in [0.3, 0.4) is 0 Å². The Bertz CT molecular complexity index is 600. The number of hydrogen-bond acceptors (Lipinski definition) is 2. The molecule has 20 heavy (non-hydrogen) atoms. The van der Waals surface area contributed by atoms with E-state index in [1.54, 1.807) is 12.1 Å². The minimum absolute atomic E-state index is 0.256. The minimum atomic E-state index is -0.868. The van der Waals surface area contributed by atoms with Gasteiger partial charge in [0.05, 0.1) is 17.7 Å². The molecule has 0 saturated carbocycles. The molecule has 2 nitrogen and oxygen atoms in total. The molecule has 0 radical (unpaired) electrons. The van der Waals surface area contributed by atoms with Gasteiger partial charge in [0.25, 0.3) is 0 Å². The average molecular weight is 343 g/mol. The van der Waals surface area contributed by atoms with Crippen molar-refractivity contribution in [3.8, 4) is 5.75 Å². The largest absolute Gasteiger partial charge is 0.496 e. The Labute approximate surface area is 124 Å². The van der Waals surface area contributed by atoms with Crippen LogP contribution < -0.4 is 4.74 Å². The fourth-order valence-corrected chi connectivity index (χ4v) is 2.30. The van der Waals surface area contributed by atoms with Gasteiger partial charge in [0.15, 0.2) is 0 Å². The Morgan fingerprint density at radius 1 is 1.20 bits per heavy atom. The van der Waals surface area contributed by atoms with Crippen LogP contribution in [0.15, 0.2) is 40.9 Å².